The van der Waals surface area contributed by atoms with Crippen LogP contribution in [0.2, 0.25) is 0 Å². The summed E-state index contributed by atoms with van der Waals surface area (Å²) in [6.07, 6.45) is 9.11. The van der Waals surface area contributed by atoms with Gasteiger partial charge in [0.2, 0.25) is 5.88 Å². The van der Waals surface area contributed by atoms with Crippen molar-refractivity contribution < 1.29 is 18.6 Å². The smallest absolute Gasteiger partial charge is 0.213 e. The number of hydrogen-bond donors (Lipinski definition) is 2. The van der Waals surface area contributed by atoms with Crippen LogP contribution < -0.4 is 15.0 Å². The highest BCUT2D eigenvalue weighted by Gasteiger charge is 2.46. The van der Waals surface area contributed by atoms with Crippen molar-refractivity contribution in [2.45, 2.75) is 31.7 Å². The number of nitrogens with zero attached hydrogens (tertiary/aromatic N) is 3. The summed E-state index contributed by atoms with van der Waals surface area (Å²) < 4.78 is 32.5. The number of pyridine rings is 2. The molecule has 2 fully saturated rings. The van der Waals surface area contributed by atoms with Gasteiger partial charge in [-0.1, -0.05) is 12.2 Å². The Kier molecular flexibility index (Phi) is 7.16. The Bertz CT molecular complexity index is 1250. The van der Waals surface area contributed by atoms with Gasteiger partial charge >= 0.3 is 0 Å². The molecule has 3 atom stereocenters. The van der Waals surface area contributed by atoms with E-state index in [0.29, 0.717) is 24.4 Å². The molecule has 1 aliphatic carbocycles. The highest BCUT2D eigenvalue weighted by molar-refractivity contribution is 5.88. The molecule has 6 nitrogen and oxygen atoms in total. The molecule has 0 bridgehead atoms. The fraction of sp³-hybridized carbons (Fsp3) is 0.429. The molecule has 2 N–H and O–H groups in total. The molecule has 3 aromatic rings. The molecule has 190 valence electrons. The Morgan fingerprint density at radius 1 is 1.22 bits per heavy atom. The van der Waals surface area contributed by atoms with E-state index in [-0.39, 0.29) is 17.6 Å². The summed E-state index contributed by atoms with van der Waals surface area (Å²) in [4.78, 5) is 11.5. The van der Waals surface area contributed by atoms with Crippen molar-refractivity contribution in [3.8, 4) is 5.88 Å². The average molecular weight is 495 g/mol. The number of aromatic nitrogens is 2. The Morgan fingerprint density at radius 3 is 2.94 bits per heavy atom. The third-order valence-electron chi connectivity index (χ3n) is 7.86. The number of fused-ring (bicyclic) bond motifs is 2. The first kappa shape index (κ1) is 24.6. The molecule has 36 heavy (non-hydrogen) atoms. The molecule has 0 unspecified atom stereocenters. The second-order valence-electron chi connectivity index (χ2n) is 9.93. The van der Waals surface area contributed by atoms with Crippen molar-refractivity contribution in [1.29, 1.82) is 0 Å². The van der Waals surface area contributed by atoms with E-state index >= 15 is 0 Å². The maximum absolute atomic E-state index is 13.8. The van der Waals surface area contributed by atoms with E-state index in [4.69, 9.17) is 4.74 Å². The molecule has 1 saturated heterocycles. The minimum atomic E-state index is -0.447. The molecule has 8 heteroatoms. The average Bonchev–Trinajstić information content (AvgIpc) is 2.91. The number of rotatable bonds is 7. The van der Waals surface area contributed by atoms with E-state index in [0.717, 1.165) is 67.6 Å². The number of aliphatic hydroxyl groups is 1. The van der Waals surface area contributed by atoms with Crippen LogP contribution in [0.25, 0.3) is 17.1 Å². The van der Waals surface area contributed by atoms with Crippen molar-refractivity contribution in [1.82, 2.24) is 15.3 Å². The zero-order valence-electron chi connectivity index (χ0n) is 20.5. The third-order valence-corrected chi connectivity index (χ3v) is 7.86. The predicted molar refractivity (Wildman–Crippen MR) is 137 cm³/mol. The van der Waals surface area contributed by atoms with E-state index in [1.54, 1.807) is 13.2 Å². The van der Waals surface area contributed by atoms with Crippen LogP contribution in [0.15, 0.2) is 48.7 Å². The van der Waals surface area contributed by atoms with Gasteiger partial charge in [0.05, 0.1) is 24.9 Å². The van der Waals surface area contributed by atoms with Crippen molar-refractivity contribution in [2.75, 3.05) is 38.3 Å². The lowest BCUT2D eigenvalue weighted by molar-refractivity contribution is 0.00193. The molecule has 2 aliphatic rings. The Labute approximate surface area is 210 Å². The fourth-order valence-corrected chi connectivity index (χ4v) is 5.85. The van der Waals surface area contributed by atoms with E-state index in [2.05, 4.69) is 20.2 Å². The molecule has 0 radical (unpaired) electrons. The third kappa shape index (κ3) is 4.92. The van der Waals surface area contributed by atoms with Crippen molar-refractivity contribution >= 4 is 22.8 Å². The van der Waals surface area contributed by atoms with E-state index in [9.17, 15) is 13.9 Å². The quantitative estimate of drug-likeness (QED) is 0.501. The van der Waals surface area contributed by atoms with Crippen LogP contribution in [0.4, 0.5) is 14.5 Å². The Hall–Kier alpha value is -3.10. The standard InChI is InChI=1S/C28H32F2N4O2/c1-36-26-7-6-24-27(33-26)25(9-13-32-24)34-14-10-20-16-22(8-11-28(20,17-34)18-35)31-12-2-3-19-15-21(29)4-5-23(19)30/h2-7,9,13,15,20,22,31,35H,8,10-12,14,16-18H2,1H3/t20-,22-,28+/m0/s1. The molecule has 0 spiro atoms. The van der Waals surface area contributed by atoms with E-state index in [1.807, 2.05) is 30.5 Å². The minimum absolute atomic E-state index is 0.152. The number of hydrogen-bond acceptors (Lipinski definition) is 6. The summed E-state index contributed by atoms with van der Waals surface area (Å²) in [6, 6.07) is 9.54. The summed E-state index contributed by atoms with van der Waals surface area (Å²) in [5, 5.41) is 14.1. The fourth-order valence-electron chi connectivity index (χ4n) is 5.85. The van der Waals surface area contributed by atoms with E-state index < -0.39 is 11.6 Å². The van der Waals surface area contributed by atoms with Crippen LogP contribution in [0.5, 0.6) is 5.88 Å². The molecule has 1 aromatic carbocycles. The maximum Gasteiger partial charge on any atom is 0.213 e. The molecule has 3 heterocycles. The number of ether oxygens (including phenoxy) is 1. The lowest BCUT2D eigenvalue weighted by Crippen LogP contribution is -2.55. The Morgan fingerprint density at radius 2 is 2.11 bits per heavy atom. The first-order valence-electron chi connectivity index (χ1n) is 12.5. The van der Waals surface area contributed by atoms with Crippen LogP contribution in [0.1, 0.15) is 31.2 Å². The number of anilines is 1. The van der Waals surface area contributed by atoms with Crippen LogP contribution in [0.3, 0.4) is 0 Å². The molecule has 0 amide bonds. The summed E-state index contributed by atoms with van der Waals surface area (Å²) >= 11 is 0. The highest BCUT2D eigenvalue weighted by Crippen LogP contribution is 2.47. The molecule has 2 aromatic heterocycles. The Balaban J connectivity index is 1.24. The largest absolute Gasteiger partial charge is 0.481 e. The van der Waals surface area contributed by atoms with Crippen LogP contribution in [-0.2, 0) is 0 Å². The molecular weight excluding hydrogens is 462 g/mol. The number of benzene rings is 1. The van der Waals surface area contributed by atoms with Gasteiger partial charge in [0.15, 0.2) is 0 Å². The van der Waals surface area contributed by atoms with Gasteiger partial charge in [-0.15, -0.1) is 0 Å². The van der Waals surface area contributed by atoms with Gasteiger partial charge in [-0.3, -0.25) is 4.98 Å². The number of nitrogens with one attached hydrogen (secondary N) is 1. The minimum Gasteiger partial charge on any atom is -0.481 e. The van der Waals surface area contributed by atoms with Crippen molar-refractivity contribution in [3.05, 3.63) is 65.9 Å². The first-order valence-corrected chi connectivity index (χ1v) is 12.5. The summed E-state index contributed by atoms with van der Waals surface area (Å²) in [5.74, 6) is 0.0904. The lowest BCUT2D eigenvalue weighted by atomic mass is 9.62. The molecule has 5 rings (SSSR count). The van der Waals surface area contributed by atoms with Gasteiger partial charge < -0.3 is 20.1 Å². The second kappa shape index (κ2) is 10.5. The van der Waals surface area contributed by atoms with Gasteiger partial charge in [0, 0.05) is 48.9 Å². The van der Waals surface area contributed by atoms with Gasteiger partial charge in [-0.25, -0.2) is 13.8 Å². The normalized spacial score (nSPS) is 24.3. The topological polar surface area (TPSA) is 70.5 Å². The summed E-state index contributed by atoms with van der Waals surface area (Å²) in [7, 11) is 1.61. The van der Waals surface area contributed by atoms with Gasteiger partial charge in [-0.05, 0) is 61.9 Å². The number of piperidine rings is 1. The lowest BCUT2D eigenvalue weighted by Gasteiger charge is -2.52. The zero-order valence-corrected chi connectivity index (χ0v) is 20.5. The monoisotopic (exact) mass is 494 g/mol. The van der Waals surface area contributed by atoms with Crippen LogP contribution in [-0.4, -0.2) is 54.5 Å². The van der Waals surface area contributed by atoms with Gasteiger partial charge in [0.1, 0.15) is 17.2 Å². The SMILES string of the molecule is COc1ccc2nccc(N3CC[C@H]4C[C@@H](NCC=Cc5cc(F)ccc5F)CC[C@]4(CO)C3)c2n1. The number of halogens is 2. The van der Waals surface area contributed by atoms with Gasteiger partial charge in [-0.2, -0.15) is 0 Å². The molecule has 1 aliphatic heterocycles. The maximum atomic E-state index is 13.8. The van der Waals surface area contributed by atoms with Gasteiger partial charge in [0.25, 0.3) is 0 Å². The zero-order chi connectivity index (χ0) is 25.1. The van der Waals surface area contributed by atoms with Crippen LogP contribution in [0, 0.1) is 23.0 Å². The van der Waals surface area contributed by atoms with Crippen LogP contribution >= 0.6 is 0 Å². The molecular formula is C28H32F2N4O2. The summed E-state index contributed by atoms with van der Waals surface area (Å²) in [6.45, 7) is 2.40. The highest BCUT2D eigenvalue weighted by atomic mass is 19.1. The second-order valence-corrected chi connectivity index (χ2v) is 9.93. The first-order chi connectivity index (χ1) is 17.5. The summed E-state index contributed by atoms with van der Waals surface area (Å²) in [5.41, 5.74) is 2.77. The number of methoxy groups -OCH3 is 1. The molecule has 1 saturated carbocycles. The number of aliphatic hydroxyl groups excluding tert-OH is 1. The van der Waals surface area contributed by atoms with Crippen molar-refractivity contribution in [2.24, 2.45) is 11.3 Å². The van der Waals surface area contributed by atoms with Crippen molar-refractivity contribution in [3.63, 3.8) is 0 Å². The predicted octanol–water partition coefficient (Wildman–Crippen LogP) is 4.58. The van der Waals surface area contributed by atoms with E-state index in [1.165, 1.54) is 6.07 Å².